The molecule has 0 fully saturated rings. The van der Waals surface area contributed by atoms with Crippen LogP contribution in [-0.2, 0) is 12.1 Å². The Bertz CT molecular complexity index is 1250. The maximum absolute atomic E-state index is 14.6. The number of amides is 2. The Kier molecular flexibility index (Phi) is 7.70. The Labute approximate surface area is 202 Å². The van der Waals surface area contributed by atoms with Crippen molar-refractivity contribution >= 4 is 28.8 Å². The average molecular weight is 487 g/mol. The number of urea groups is 1. The quantitative estimate of drug-likeness (QED) is 0.287. The Morgan fingerprint density at radius 3 is 2.60 bits per heavy atom. The smallest absolute Gasteiger partial charge is 0.372 e. The Balaban J connectivity index is 2.17. The SMILES string of the molecule is C=CCn1cc(C(O)(c2ccc(NC(=O)NC(C)CC)c(C=NC)c2)C(F)(F)F)c2ccccc21. The second kappa shape index (κ2) is 10.4. The number of allylic oxidation sites excluding steroid dienone is 1. The topological polar surface area (TPSA) is 78.6 Å². The first-order valence-electron chi connectivity index (χ1n) is 11.2. The van der Waals surface area contributed by atoms with Crippen LogP contribution in [-0.4, -0.2) is 41.2 Å². The van der Waals surface area contributed by atoms with E-state index in [1.54, 1.807) is 34.9 Å². The molecule has 0 saturated carbocycles. The third-order valence-electron chi connectivity index (χ3n) is 5.89. The summed E-state index contributed by atoms with van der Waals surface area (Å²) in [6.07, 6.45) is -0.115. The predicted octanol–water partition coefficient (Wildman–Crippen LogP) is 5.59. The highest BCUT2D eigenvalue weighted by molar-refractivity contribution is 5.97. The molecule has 2 unspecified atom stereocenters. The van der Waals surface area contributed by atoms with Gasteiger partial charge in [-0.15, -0.1) is 6.58 Å². The lowest BCUT2D eigenvalue weighted by Crippen LogP contribution is -2.43. The molecule has 6 nitrogen and oxygen atoms in total. The third kappa shape index (κ3) is 5.09. The summed E-state index contributed by atoms with van der Waals surface area (Å²) in [6.45, 7) is 7.70. The van der Waals surface area contributed by atoms with Gasteiger partial charge in [-0.1, -0.05) is 37.3 Å². The minimum absolute atomic E-state index is 0.0826. The van der Waals surface area contributed by atoms with Gasteiger partial charge in [0.25, 0.3) is 0 Å². The number of hydrogen-bond donors (Lipinski definition) is 3. The monoisotopic (exact) mass is 486 g/mol. The molecule has 35 heavy (non-hydrogen) atoms. The van der Waals surface area contributed by atoms with E-state index in [1.807, 2.05) is 13.8 Å². The van der Waals surface area contributed by atoms with E-state index in [-0.39, 0.29) is 34.8 Å². The molecule has 1 heterocycles. The fourth-order valence-corrected chi connectivity index (χ4v) is 3.93. The summed E-state index contributed by atoms with van der Waals surface area (Å²) < 4.78 is 45.5. The molecule has 2 amide bonds. The van der Waals surface area contributed by atoms with E-state index in [9.17, 15) is 23.1 Å². The van der Waals surface area contributed by atoms with Crippen molar-refractivity contribution in [3.8, 4) is 0 Å². The van der Waals surface area contributed by atoms with Gasteiger partial charge < -0.3 is 20.3 Å². The number of anilines is 1. The molecule has 9 heteroatoms. The number of alkyl halides is 3. The van der Waals surface area contributed by atoms with Crippen LogP contribution >= 0.6 is 0 Å². The Hall–Kier alpha value is -3.59. The fraction of sp³-hybridized carbons (Fsp3) is 0.308. The Morgan fingerprint density at radius 2 is 1.97 bits per heavy atom. The molecule has 0 radical (unpaired) electrons. The van der Waals surface area contributed by atoms with Crippen LogP contribution in [0.5, 0.6) is 0 Å². The van der Waals surface area contributed by atoms with Crippen LogP contribution in [0.25, 0.3) is 10.9 Å². The number of benzene rings is 2. The van der Waals surface area contributed by atoms with Crippen LogP contribution < -0.4 is 10.6 Å². The number of rotatable bonds is 8. The number of halogens is 3. The van der Waals surface area contributed by atoms with Crippen molar-refractivity contribution in [3.05, 3.63) is 78.0 Å². The number of fused-ring (bicyclic) bond motifs is 1. The van der Waals surface area contributed by atoms with Gasteiger partial charge in [-0.25, -0.2) is 4.79 Å². The maximum atomic E-state index is 14.6. The van der Waals surface area contributed by atoms with Gasteiger partial charge in [0.15, 0.2) is 0 Å². The number of carbonyl (C=O) groups excluding carboxylic acids is 1. The molecule has 0 aliphatic heterocycles. The van der Waals surface area contributed by atoms with E-state index in [1.165, 1.54) is 37.7 Å². The van der Waals surface area contributed by atoms with Gasteiger partial charge in [-0.2, -0.15) is 13.2 Å². The maximum Gasteiger partial charge on any atom is 0.425 e. The standard InChI is InChI=1S/C26H29F3N4O2/c1-5-13-33-16-21(20-9-7-8-10-23(20)33)25(35,26(27,28)29)19-11-12-22(18(14-19)15-30-4)32-24(34)31-17(3)6-2/h5,7-12,14-17,35H,1,6,13H2,2-4H3,(H2,31,32,34). The van der Waals surface area contributed by atoms with Gasteiger partial charge in [0, 0.05) is 54.1 Å². The highest BCUT2D eigenvalue weighted by Crippen LogP contribution is 2.47. The molecule has 3 N–H and O–H groups in total. The predicted molar refractivity (Wildman–Crippen MR) is 133 cm³/mol. The fourth-order valence-electron chi connectivity index (χ4n) is 3.93. The molecule has 0 bridgehead atoms. The molecule has 0 spiro atoms. The molecule has 2 aromatic carbocycles. The van der Waals surface area contributed by atoms with Crippen LogP contribution in [0.1, 0.15) is 37.0 Å². The lowest BCUT2D eigenvalue weighted by atomic mass is 9.84. The first kappa shape index (κ1) is 26.0. The number of carbonyl (C=O) groups is 1. The molecule has 0 aliphatic carbocycles. The summed E-state index contributed by atoms with van der Waals surface area (Å²) >= 11 is 0. The van der Waals surface area contributed by atoms with Gasteiger partial charge in [0.1, 0.15) is 0 Å². The highest BCUT2D eigenvalue weighted by Gasteiger charge is 2.57. The lowest BCUT2D eigenvalue weighted by molar-refractivity contribution is -0.247. The van der Waals surface area contributed by atoms with Crippen molar-refractivity contribution in [2.45, 2.75) is 44.6 Å². The first-order valence-corrected chi connectivity index (χ1v) is 11.2. The number of nitrogens with zero attached hydrogens (tertiary/aromatic N) is 2. The number of aliphatic hydroxyl groups is 1. The summed E-state index contributed by atoms with van der Waals surface area (Å²) in [5.74, 6) is 0. The number of aliphatic imine (C=N–C) groups is 1. The van der Waals surface area contributed by atoms with E-state index in [2.05, 4.69) is 22.2 Å². The third-order valence-corrected chi connectivity index (χ3v) is 5.89. The van der Waals surface area contributed by atoms with E-state index >= 15 is 0 Å². The lowest BCUT2D eigenvalue weighted by Gasteiger charge is -2.31. The van der Waals surface area contributed by atoms with Gasteiger partial charge in [-0.3, -0.25) is 4.99 Å². The Morgan fingerprint density at radius 1 is 1.26 bits per heavy atom. The van der Waals surface area contributed by atoms with Crippen molar-refractivity contribution in [1.29, 1.82) is 0 Å². The van der Waals surface area contributed by atoms with Gasteiger partial charge in [0.2, 0.25) is 5.60 Å². The number of hydrogen-bond acceptors (Lipinski definition) is 3. The molecular weight excluding hydrogens is 457 g/mol. The summed E-state index contributed by atoms with van der Waals surface area (Å²) in [5, 5.41) is 17.0. The molecule has 2 atom stereocenters. The number of aromatic nitrogens is 1. The van der Waals surface area contributed by atoms with E-state index in [0.29, 0.717) is 11.9 Å². The normalized spacial score (nSPS) is 14.6. The van der Waals surface area contributed by atoms with Crippen LogP contribution in [0.2, 0.25) is 0 Å². The molecule has 1 aromatic heterocycles. The summed E-state index contributed by atoms with van der Waals surface area (Å²) in [4.78, 5) is 16.2. The zero-order chi connectivity index (χ0) is 25.8. The molecule has 0 aliphatic rings. The van der Waals surface area contributed by atoms with Crippen molar-refractivity contribution in [1.82, 2.24) is 9.88 Å². The van der Waals surface area contributed by atoms with Gasteiger partial charge in [0.05, 0.1) is 5.69 Å². The second-order valence-corrected chi connectivity index (χ2v) is 8.31. The summed E-state index contributed by atoms with van der Waals surface area (Å²) in [7, 11) is 1.47. The molecule has 3 aromatic rings. The van der Waals surface area contributed by atoms with E-state index < -0.39 is 23.4 Å². The molecule has 186 valence electrons. The van der Waals surface area contributed by atoms with Crippen molar-refractivity contribution in [2.75, 3.05) is 12.4 Å². The van der Waals surface area contributed by atoms with Gasteiger partial charge >= 0.3 is 12.2 Å². The van der Waals surface area contributed by atoms with Gasteiger partial charge in [-0.05, 0) is 37.1 Å². The second-order valence-electron chi connectivity index (χ2n) is 8.31. The molecule has 0 saturated heterocycles. The van der Waals surface area contributed by atoms with Crippen LogP contribution in [0.3, 0.4) is 0 Å². The molecule has 3 rings (SSSR count). The van der Waals surface area contributed by atoms with E-state index in [4.69, 9.17) is 0 Å². The summed E-state index contributed by atoms with van der Waals surface area (Å²) in [6, 6.07) is 9.71. The molecular formula is C26H29F3N4O2. The number of nitrogens with one attached hydrogen (secondary N) is 2. The zero-order valence-corrected chi connectivity index (χ0v) is 19.9. The minimum atomic E-state index is -5.04. The largest absolute Gasteiger partial charge is 0.425 e. The summed E-state index contributed by atoms with van der Waals surface area (Å²) in [5.41, 5.74) is -2.97. The van der Waals surface area contributed by atoms with Crippen molar-refractivity contribution in [2.24, 2.45) is 4.99 Å². The van der Waals surface area contributed by atoms with Crippen LogP contribution in [0.15, 0.2) is 66.3 Å². The average Bonchev–Trinajstić information content (AvgIpc) is 3.18. The zero-order valence-electron chi connectivity index (χ0n) is 19.9. The number of para-hydroxylation sites is 1. The van der Waals surface area contributed by atoms with Crippen molar-refractivity contribution in [3.63, 3.8) is 0 Å². The van der Waals surface area contributed by atoms with E-state index in [0.717, 1.165) is 0 Å². The van der Waals surface area contributed by atoms with Crippen molar-refractivity contribution < 1.29 is 23.1 Å². The van der Waals surface area contributed by atoms with Crippen LogP contribution in [0.4, 0.5) is 23.7 Å². The van der Waals surface area contributed by atoms with Crippen LogP contribution in [0, 0.1) is 0 Å². The first-order chi connectivity index (χ1) is 16.6. The highest BCUT2D eigenvalue weighted by atomic mass is 19.4. The minimum Gasteiger partial charge on any atom is -0.372 e.